The molecule has 1 aromatic carbocycles. The van der Waals surface area contributed by atoms with Crippen LogP contribution in [0.5, 0.6) is 0 Å². The molecule has 1 aliphatic heterocycles. The third-order valence-electron chi connectivity index (χ3n) is 3.52. The summed E-state index contributed by atoms with van der Waals surface area (Å²) in [6.07, 6.45) is 9.66. The second-order valence-electron chi connectivity index (χ2n) is 4.89. The fourth-order valence-electron chi connectivity index (χ4n) is 2.58. The summed E-state index contributed by atoms with van der Waals surface area (Å²) in [5, 5.41) is 0. The summed E-state index contributed by atoms with van der Waals surface area (Å²) >= 11 is 0. The molecule has 0 atom stereocenters. The van der Waals surface area contributed by atoms with Crippen molar-refractivity contribution in [3.63, 3.8) is 0 Å². The van der Waals surface area contributed by atoms with Gasteiger partial charge in [-0.05, 0) is 37.3 Å². The molecule has 0 aromatic heterocycles. The van der Waals surface area contributed by atoms with E-state index < -0.39 is 0 Å². The number of para-hydroxylation sites is 1. The van der Waals surface area contributed by atoms with Crippen LogP contribution in [-0.2, 0) is 6.54 Å². The van der Waals surface area contributed by atoms with Gasteiger partial charge in [0.25, 0.3) is 0 Å². The van der Waals surface area contributed by atoms with E-state index in [9.17, 15) is 0 Å². The molecular formula is C15H18N2. The van der Waals surface area contributed by atoms with Crippen LogP contribution in [0.2, 0.25) is 0 Å². The third kappa shape index (κ3) is 2.41. The molecule has 0 amide bonds. The molecule has 0 bridgehead atoms. The van der Waals surface area contributed by atoms with Gasteiger partial charge >= 0.3 is 0 Å². The summed E-state index contributed by atoms with van der Waals surface area (Å²) in [5.41, 5.74) is 4.05. The highest BCUT2D eigenvalue weighted by molar-refractivity contribution is 5.67. The maximum absolute atomic E-state index is 4.51. The van der Waals surface area contributed by atoms with Crippen molar-refractivity contribution in [2.45, 2.75) is 32.2 Å². The van der Waals surface area contributed by atoms with Crippen molar-refractivity contribution < 1.29 is 0 Å². The monoisotopic (exact) mass is 226 g/mol. The molecule has 0 saturated heterocycles. The van der Waals surface area contributed by atoms with Crippen LogP contribution >= 0.6 is 0 Å². The van der Waals surface area contributed by atoms with Crippen LogP contribution < -0.4 is 0 Å². The molecule has 3 rings (SSSR count). The number of hydrogen-bond donors (Lipinski definition) is 0. The molecule has 2 nitrogen and oxygen atoms in total. The second-order valence-corrected chi connectivity index (χ2v) is 4.89. The zero-order chi connectivity index (χ0) is 11.5. The van der Waals surface area contributed by atoms with Gasteiger partial charge in [-0.1, -0.05) is 29.8 Å². The lowest BCUT2D eigenvalue weighted by molar-refractivity contribution is 0.442. The lowest BCUT2D eigenvalue weighted by Crippen LogP contribution is -2.26. The van der Waals surface area contributed by atoms with Gasteiger partial charge < -0.3 is 4.90 Å². The molecule has 1 aromatic rings. The van der Waals surface area contributed by atoms with Gasteiger partial charge in [0, 0.05) is 13.1 Å². The molecule has 0 fully saturated rings. The molecule has 2 heteroatoms. The highest BCUT2D eigenvalue weighted by Gasteiger charge is 2.13. The van der Waals surface area contributed by atoms with Gasteiger partial charge in [0.15, 0.2) is 0 Å². The van der Waals surface area contributed by atoms with Crippen LogP contribution in [0.15, 0.2) is 40.9 Å². The number of fused-ring (bicyclic) bond motifs is 1. The van der Waals surface area contributed by atoms with Crippen molar-refractivity contribution in [2.75, 3.05) is 6.54 Å². The summed E-state index contributed by atoms with van der Waals surface area (Å²) in [5.74, 6) is 0. The number of benzene rings is 1. The van der Waals surface area contributed by atoms with Crippen molar-refractivity contribution in [3.05, 3.63) is 41.5 Å². The Morgan fingerprint density at radius 3 is 3.00 bits per heavy atom. The standard InChI is InChI=1S/C15H18N2/c1-2-6-13(7-3-1)10-17-11-14-8-4-5-9-15(14)16-12-17/h4-6,8-9,12H,1-3,7,10-11H2. The molecule has 17 heavy (non-hydrogen) atoms. The minimum absolute atomic E-state index is 0.997. The lowest BCUT2D eigenvalue weighted by Gasteiger charge is -2.26. The van der Waals surface area contributed by atoms with Crippen LogP contribution in [0.1, 0.15) is 31.2 Å². The van der Waals surface area contributed by atoms with Gasteiger partial charge in [-0.2, -0.15) is 0 Å². The Kier molecular flexibility index (Phi) is 2.95. The summed E-state index contributed by atoms with van der Waals surface area (Å²) < 4.78 is 0. The molecule has 0 saturated carbocycles. The summed E-state index contributed by atoms with van der Waals surface area (Å²) in [7, 11) is 0. The maximum Gasteiger partial charge on any atom is 0.0918 e. The van der Waals surface area contributed by atoms with Crippen LogP contribution in [0, 0.1) is 0 Å². The molecule has 0 unspecified atom stereocenters. The van der Waals surface area contributed by atoms with E-state index in [0.717, 1.165) is 18.8 Å². The van der Waals surface area contributed by atoms with E-state index in [4.69, 9.17) is 0 Å². The normalized spacial score (nSPS) is 18.8. The van der Waals surface area contributed by atoms with Gasteiger partial charge in [0.05, 0.1) is 12.0 Å². The maximum atomic E-state index is 4.51. The largest absolute Gasteiger partial charge is 0.354 e. The second kappa shape index (κ2) is 4.74. The lowest BCUT2D eigenvalue weighted by atomic mass is 9.99. The number of allylic oxidation sites excluding steroid dienone is 1. The van der Waals surface area contributed by atoms with Crippen molar-refractivity contribution in [2.24, 2.45) is 4.99 Å². The predicted octanol–water partition coefficient (Wildman–Crippen LogP) is 3.66. The summed E-state index contributed by atoms with van der Waals surface area (Å²) in [4.78, 5) is 6.83. The Morgan fingerprint density at radius 1 is 1.18 bits per heavy atom. The van der Waals surface area contributed by atoms with Crippen molar-refractivity contribution in [1.29, 1.82) is 0 Å². The SMILES string of the molecule is C1=Nc2ccccc2CN1CC1=CCCCC1. The number of nitrogens with zero attached hydrogens (tertiary/aromatic N) is 2. The Morgan fingerprint density at radius 2 is 2.12 bits per heavy atom. The Bertz CT molecular complexity index is 460. The topological polar surface area (TPSA) is 15.6 Å². The van der Waals surface area contributed by atoms with E-state index in [0.29, 0.717) is 0 Å². The highest BCUT2D eigenvalue weighted by atomic mass is 15.2. The molecular weight excluding hydrogens is 208 g/mol. The molecule has 88 valence electrons. The van der Waals surface area contributed by atoms with Gasteiger partial charge in [-0.25, -0.2) is 4.99 Å². The first kappa shape index (κ1) is 10.6. The van der Waals surface area contributed by atoms with Gasteiger partial charge in [-0.3, -0.25) is 0 Å². The first-order valence-corrected chi connectivity index (χ1v) is 6.46. The zero-order valence-electron chi connectivity index (χ0n) is 10.1. The van der Waals surface area contributed by atoms with Crippen LogP contribution in [0.25, 0.3) is 0 Å². The van der Waals surface area contributed by atoms with Gasteiger partial charge in [0.2, 0.25) is 0 Å². The number of hydrogen-bond acceptors (Lipinski definition) is 2. The predicted molar refractivity (Wildman–Crippen MR) is 71.6 cm³/mol. The van der Waals surface area contributed by atoms with Crippen molar-refractivity contribution in [3.8, 4) is 0 Å². The van der Waals surface area contributed by atoms with E-state index in [1.807, 2.05) is 6.34 Å². The quantitative estimate of drug-likeness (QED) is 0.703. The molecule has 0 spiro atoms. The Labute approximate surface area is 103 Å². The van der Waals surface area contributed by atoms with Crippen molar-refractivity contribution >= 4 is 12.0 Å². The Hall–Kier alpha value is -1.57. The minimum Gasteiger partial charge on any atom is -0.354 e. The Balaban J connectivity index is 1.70. The first-order chi connectivity index (χ1) is 8.42. The fraction of sp³-hybridized carbons (Fsp3) is 0.400. The van der Waals surface area contributed by atoms with Crippen LogP contribution in [-0.4, -0.2) is 17.8 Å². The fourth-order valence-corrected chi connectivity index (χ4v) is 2.58. The van der Waals surface area contributed by atoms with E-state index in [2.05, 4.69) is 40.2 Å². The molecule has 2 aliphatic rings. The van der Waals surface area contributed by atoms with Gasteiger partial charge in [0.1, 0.15) is 0 Å². The minimum atomic E-state index is 0.997. The number of rotatable bonds is 2. The average molecular weight is 226 g/mol. The van der Waals surface area contributed by atoms with E-state index in [1.165, 1.54) is 31.2 Å². The summed E-state index contributed by atoms with van der Waals surface area (Å²) in [6, 6.07) is 8.41. The molecule has 0 radical (unpaired) electrons. The van der Waals surface area contributed by atoms with E-state index >= 15 is 0 Å². The molecule has 0 N–H and O–H groups in total. The number of aliphatic imine (C=N–C) groups is 1. The van der Waals surface area contributed by atoms with Crippen LogP contribution in [0.3, 0.4) is 0 Å². The van der Waals surface area contributed by atoms with Crippen molar-refractivity contribution in [1.82, 2.24) is 4.90 Å². The van der Waals surface area contributed by atoms with E-state index in [-0.39, 0.29) is 0 Å². The van der Waals surface area contributed by atoms with Gasteiger partial charge in [-0.15, -0.1) is 0 Å². The van der Waals surface area contributed by atoms with E-state index in [1.54, 1.807) is 5.57 Å². The molecule has 1 heterocycles. The average Bonchev–Trinajstić information content (AvgIpc) is 2.40. The first-order valence-electron chi connectivity index (χ1n) is 6.46. The smallest absolute Gasteiger partial charge is 0.0918 e. The molecule has 1 aliphatic carbocycles. The van der Waals surface area contributed by atoms with Crippen LogP contribution in [0.4, 0.5) is 5.69 Å². The highest BCUT2D eigenvalue weighted by Crippen LogP contribution is 2.25. The zero-order valence-corrected chi connectivity index (χ0v) is 10.1. The summed E-state index contributed by atoms with van der Waals surface area (Å²) in [6.45, 7) is 2.05. The third-order valence-corrected chi connectivity index (χ3v) is 3.52.